The summed E-state index contributed by atoms with van der Waals surface area (Å²) in [4.78, 5) is 15.6. The number of carbonyl (C=O) groups excluding carboxylic acids is 1. The second kappa shape index (κ2) is 5.46. The minimum absolute atomic E-state index is 0.0593. The van der Waals surface area contributed by atoms with E-state index in [9.17, 15) is 4.79 Å². The van der Waals surface area contributed by atoms with E-state index < -0.39 is 0 Å². The predicted octanol–water partition coefficient (Wildman–Crippen LogP) is 0.828. The van der Waals surface area contributed by atoms with E-state index in [4.69, 9.17) is 5.11 Å². The molecular formula is C11H16N2O2. The normalized spacial score (nSPS) is 12.5. The first-order valence-corrected chi connectivity index (χ1v) is 4.98. The van der Waals surface area contributed by atoms with Crippen LogP contribution in [0.25, 0.3) is 0 Å². The molecule has 1 atom stereocenters. The van der Waals surface area contributed by atoms with Crippen LogP contribution < -0.4 is 5.32 Å². The van der Waals surface area contributed by atoms with Gasteiger partial charge in [0.15, 0.2) is 0 Å². The lowest BCUT2D eigenvalue weighted by Crippen LogP contribution is -2.41. The van der Waals surface area contributed by atoms with Gasteiger partial charge in [-0.1, -0.05) is 19.9 Å². The average molecular weight is 208 g/mol. The maximum absolute atomic E-state index is 11.6. The molecule has 4 nitrogen and oxygen atoms in total. The molecule has 15 heavy (non-hydrogen) atoms. The summed E-state index contributed by atoms with van der Waals surface area (Å²) in [7, 11) is 0. The van der Waals surface area contributed by atoms with E-state index in [0.717, 1.165) is 0 Å². The lowest BCUT2D eigenvalue weighted by Gasteiger charge is -2.19. The van der Waals surface area contributed by atoms with Crippen LogP contribution in [0.1, 0.15) is 24.3 Å². The summed E-state index contributed by atoms with van der Waals surface area (Å²) in [5, 5.41) is 11.8. The molecule has 0 radical (unpaired) electrons. The van der Waals surface area contributed by atoms with Crippen molar-refractivity contribution in [2.24, 2.45) is 5.92 Å². The van der Waals surface area contributed by atoms with Crippen LogP contribution in [0.15, 0.2) is 24.4 Å². The maximum Gasteiger partial charge on any atom is 0.270 e. The second-order valence-corrected chi connectivity index (χ2v) is 3.72. The van der Waals surface area contributed by atoms with Crippen LogP contribution in [0.5, 0.6) is 0 Å². The van der Waals surface area contributed by atoms with E-state index in [1.807, 2.05) is 13.8 Å². The zero-order valence-electron chi connectivity index (χ0n) is 8.97. The fourth-order valence-electron chi connectivity index (χ4n) is 1.16. The Balaban J connectivity index is 2.63. The van der Waals surface area contributed by atoms with Gasteiger partial charge in [-0.2, -0.15) is 0 Å². The van der Waals surface area contributed by atoms with Gasteiger partial charge in [-0.3, -0.25) is 9.78 Å². The van der Waals surface area contributed by atoms with Crippen molar-refractivity contribution in [2.75, 3.05) is 6.61 Å². The van der Waals surface area contributed by atoms with Crippen molar-refractivity contribution >= 4 is 5.91 Å². The van der Waals surface area contributed by atoms with Crippen LogP contribution >= 0.6 is 0 Å². The first kappa shape index (κ1) is 11.7. The number of aliphatic hydroxyl groups excluding tert-OH is 1. The van der Waals surface area contributed by atoms with Crippen molar-refractivity contribution < 1.29 is 9.90 Å². The topological polar surface area (TPSA) is 62.2 Å². The molecule has 4 heteroatoms. The van der Waals surface area contributed by atoms with Gasteiger partial charge >= 0.3 is 0 Å². The highest BCUT2D eigenvalue weighted by atomic mass is 16.3. The van der Waals surface area contributed by atoms with Gasteiger partial charge in [0, 0.05) is 6.20 Å². The van der Waals surface area contributed by atoms with Crippen molar-refractivity contribution in [1.29, 1.82) is 0 Å². The number of rotatable bonds is 4. The third kappa shape index (κ3) is 3.32. The van der Waals surface area contributed by atoms with Crippen LogP contribution in [-0.2, 0) is 0 Å². The van der Waals surface area contributed by atoms with Gasteiger partial charge in [0.05, 0.1) is 12.6 Å². The summed E-state index contributed by atoms with van der Waals surface area (Å²) in [5.74, 6) is -0.0500. The Labute approximate surface area is 89.3 Å². The fourth-order valence-corrected chi connectivity index (χ4v) is 1.16. The predicted molar refractivity (Wildman–Crippen MR) is 57.4 cm³/mol. The molecule has 0 aliphatic heterocycles. The highest BCUT2D eigenvalue weighted by Gasteiger charge is 2.16. The molecule has 1 heterocycles. The van der Waals surface area contributed by atoms with Gasteiger partial charge in [-0.05, 0) is 18.1 Å². The summed E-state index contributed by atoms with van der Waals surface area (Å²) in [6.45, 7) is 3.83. The lowest BCUT2D eigenvalue weighted by molar-refractivity contribution is 0.0892. The lowest BCUT2D eigenvalue weighted by atomic mass is 10.1. The van der Waals surface area contributed by atoms with Gasteiger partial charge in [-0.15, -0.1) is 0 Å². The number of carbonyl (C=O) groups is 1. The second-order valence-electron chi connectivity index (χ2n) is 3.72. The van der Waals surface area contributed by atoms with Crippen LogP contribution in [0.4, 0.5) is 0 Å². The van der Waals surface area contributed by atoms with E-state index >= 15 is 0 Å². The van der Waals surface area contributed by atoms with Gasteiger partial charge in [0.2, 0.25) is 0 Å². The molecule has 0 saturated heterocycles. The minimum atomic E-state index is -0.247. The van der Waals surface area contributed by atoms with Crippen LogP contribution in [0.2, 0.25) is 0 Å². The number of aromatic nitrogens is 1. The number of hydrogen-bond donors (Lipinski definition) is 2. The zero-order chi connectivity index (χ0) is 11.3. The SMILES string of the molecule is CC(C)[C@@H](CO)NC(=O)c1ccccn1. The zero-order valence-corrected chi connectivity index (χ0v) is 8.97. The fraction of sp³-hybridized carbons (Fsp3) is 0.455. The van der Waals surface area contributed by atoms with E-state index in [-0.39, 0.29) is 24.5 Å². The van der Waals surface area contributed by atoms with Gasteiger partial charge in [0.1, 0.15) is 5.69 Å². The molecule has 1 aromatic heterocycles. The van der Waals surface area contributed by atoms with E-state index in [1.54, 1.807) is 24.4 Å². The summed E-state index contributed by atoms with van der Waals surface area (Å²) >= 11 is 0. The van der Waals surface area contributed by atoms with E-state index in [1.165, 1.54) is 0 Å². The largest absolute Gasteiger partial charge is 0.394 e. The molecule has 0 fully saturated rings. The molecule has 82 valence electrons. The number of amides is 1. The van der Waals surface area contributed by atoms with Gasteiger partial charge in [0.25, 0.3) is 5.91 Å². The molecule has 1 rings (SSSR count). The van der Waals surface area contributed by atoms with Crippen molar-refractivity contribution in [3.05, 3.63) is 30.1 Å². The molecule has 1 amide bonds. The molecule has 2 N–H and O–H groups in total. The maximum atomic E-state index is 11.6. The quantitative estimate of drug-likeness (QED) is 0.770. The van der Waals surface area contributed by atoms with E-state index in [0.29, 0.717) is 5.69 Å². The molecule has 0 aliphatic carbocycles. The average Bonchev–Trinajstić information content (AvgIpc) is 2.26. The number of pyridine rings is 1. The van der Waals surface area contributed by atoms with Gasteiger partial charge < -0.3 is 10.4 Å². The minimum Gasteiger partial charge on any atom is -0.394 e. The van der Waals surface area contributed by atoms with E-state index in [2.05, 4.69) is 10.3 Å². The molecule has 1 aromatic rings. The highest BCUT2D eigenvalue weighted by molar-refractivity contribution is 5.92. The highest BCUT2D eigenvalue weighted by Crippen LogP contribution is 2.02. The monoisotopic (exact) mass is 208 g/mol. The standard InChI is InChI=1S/C11H16N2O2/c1-8(2)10(7-14)13-11(15)9-5-3-4-6-12-9/h3-6,8,10,14H,7H2,1-2H3,(H,13,15)/t10-/m1/s1. The van der Waals surface area contributed by atoms with Crippen molar-refractivity contribution in [2.45, 2.75) is 19.9 Å². The Morgan fingerprint density at radius 3 is 2.73 bits per heavy atom. The first-order chi connectivity index (χ1) is 7.15. The Morgan fingerprint density at radius 2 is 2.27 bits per heavy atom. The Kier molecular flexibility index (Phi) is 4.24. The molecule has 0 aliphatic rings. The third-order valence-electron chi connectivity index (χ3n) is 2.22. The Hall–Kier alpha value is -1.42. The van der Waals surface area contributed by atoms with Crippen LogP contribution in [0, 0.1) is 5.92 Å². The number of hydrogen-bond acceptors (Lipinski definition) is 3. The van der Waals surface area contributed by atoms with Crippen LogP contribution in [-0.4, -0.2) is 28.6 Å². The third-order valence-corrected chi connectivity index (χ3v) is 2.22. The van der Waals surface area contributed by atoms with Gasteiger partial charge in [-0.25, -0.2) is 0 Å². The summed E-state index contributed by atoms with van der Waals surface area (Å²) in [5.41, 5.74) is 0.372. The molecule has 0 saturated carbocycles. The first-order valence-electron chi connectivity index (χ1n) is 4.98. The molecule has 0 unspecified atom stereocenters. The Morgan fingerprint density at radius 1 is 1.53 bits per heavy atom. The number of aliphatic hydroxyl groups is 1. The number of nitrogens with zero attached hydrogens (tertiary/aromatic N) is 1. The van der Waals surface area contributed by atoms with Crippen molar-refractivity contribution in [3.63, 3.8) is 0 Å². The summed E-state index contributed by atoms with van der Waals surface area (Å²) in [6.07, 6.45) is 1.57. The molecule has 0 spiro atoms. The van der Waals surface area contributed by atoms with Crippen molar-refractivity contribution in [3.8, 4) is 0 Å². The van der Waals surface area contributed by atoms with Crippen molar-refractivity contribution in [1.82, 2.24) is 10.3 Å². The molecule has 0 bridgehead atoms. The summed E-state index contributed by atoms with van der Waals surface area (Å²) < 4.78 is 0. The summed E-state index contributed by atoms with van der Waals surface area (Å²) in [6, 6.07) is 4.93. The van der Waals surface area contributed by atoms with Crippen LogP contribution in [0.3, 0.4) is 0 Å². The Bertz CT molecular complexity index is 312. The molecular weight excluding hydrogens is 192 g/mol. The smallest absolute Gasteiger partial charge is 0.270 e. The molecule has 0 aromatic carbocycles. The number of nitrogens with one attached hydrogen (secondary N) is 1.